The molecule has 0 unspecified atom stereocenters. The number of carbonyl (C=O) groups is 1. The van der Waals surface area contributed by atoms with Gasteiger partial charge in [0.15, 0.2) is 0 Å². The van der Waals surface area contributed by atoms with Gasteiger partial charge >= 0.3 is 0 Å². The normalized spacial score (nSPS) is 15.5. The number of amides is 1. The van der Waals surface area contributed by atoms with E-state index in [-0.39, 0.29) is 18.6 Å². The van der Waals surface area contributed by atoms with Gasteiger partial charge in [-0.1, -0.05) is 31.4 Å². The average molecular weight is 330 g/mol. The average Bonchev–Trinajstić information content (AvgIpc) is 3.01. The van der Waals surface area contributed by atoms with E-state index >= 15 is 0 Å². The summed E-state index contributed by atoms with van der Waals surface area (Å²) in [5, 5.41) is 5.98. The number of benzene rings is 1. The summed E-state index contributed by atoms with van der Waals surface area (Å²) in [7, 11) is 0. The van der Waals surface area contributed by atoms with Gasteiger partial charge in [-0.15, -0.1) is 11.3 Å². The largest absolute Gasteiger partial charge is 0.368 e. The lowest BCUT2D eigenvalue weighted by Gasteiger charge is -2.21. The molecular formula is C18H22N2O2S. The van der Waals surface area contributed by atoms with E-state index in [2.05, 4.69) is 10.3 Å². The molecule has 0 atom stereocenters. The lowest BCUT2D eigenvalue weighted by Crippen LogP contribution is -2.24. The second kappa shape index (κ2) is 7.70. The van der Waals surface area contributed by atoms with Crippen LogP contribution >= 0.6 is 11.3 Å². The third-order valence-corrected chi connectivity index (χ3v) is 4.86. The molecule has 1 heterocycles. The van der Waals surface area contributed by atoms with E-state index in [1.165, 1.54) is 19.3 Å². The fraction of sp³-hybridized carbons (Fsp3) is 0.444. The Morgan fingerprint density at radius 3 is 2.65 bits per heavy atom. The smallest absolute Gasteiger partial charge is 0.250 e. The molecule has 5 heteroatoms. The van der Waals surface area contributed by atoms with Gasteiger partial charge in [0.25, 0.3) is 0 Å². The number of hydrogen-bond donors (Lipinski definition) is 1. The number of aryl methyl sites for hydroxylation is 1. The van der Waals surface area contributed by atoms with Gasteiger partial charge in [0.2, 0.25) is 5.91 Å². The molecule has 0 aliphatic heterocycles. The molecule has 0 saturated heterocycles. The van der Waals surface area contributed by atoms with Crippen molar-refractivity contribution in [2.45, 2.75) is 45.1 Å². The Hall–Kier alpha value is -1.72. The minimum absolute atomic E-state index is 0.0900. The van der Waals surface area contributed by atoms with Crippen molar-refractivity contribution in [2.75, 3.05) is 11.9 Å². The van der Waals surface area contributed by atoms with Gasteiger partial charge < -0.3 is 10.1 Å². The standard InChI is InChI=1S/C18H22N2O2S/c1-13-19-17(12-23-13)14-7-9-15(10-8-14)20-18(21)11-22-16-5-3-2-4-6-16/h7-10,12,16H,2-6,11H2,1H3,(H,20,21). The van der Waals surface area contributed by atoms with Crippen molar-refractivity contribution < 1.29 is 9.53 Å². The van der Waals surface area contributed by atoms with E-state index in [0.29, 0.717) is 0 Å². The predicted molar refractivity (Wildman–Crippen MR) is 93.7 cm³/mol. The summed E-state index contributed by atoms with van der Waals surface area (Å²) < 4.78 is 5.69. The van der Waals surface area contributed by atoms with E-state index in [1.54, 1.807) is 11.3 Å². The first kappa shape index (κ1) is 16.1. The molecule has 1 fully saturated rings. The predicted octanol–water partition coefficient (Wildman–Crippen LogP) is 4.41. The summed E-state index contributed by atoms with van der Waals surface area (Å²) in [6, 6.07) is 7.77. The number of aromatic nitrogens is 1. The van der Waals surface area contributed by atoms with Crippen LogP contribution in [0, 0.1) is 6.92 Å². The maximum atomic E-state index is 12.0. The molecule has 1 amide bonds. The van der Waals surface area contributed by atoms with E-state index in [9.17, 15) is 4.79 Å². The van der Waals surface area contributed by atoms with Gasteiger partial charge in [-0.3, -0.25) is 4.79 Å². The van der Waals surface area contributed by atoms with Crippen molar-refractivity contribution in [1.82, 2.24) is 4.98 Å². The third kappa shape index (κ3) is 4.62. The molecule has 122 valence electrons. The van der Waals surface area contributed by atoms with Crippen molar-refractivity contribution >= 4 is 22.9 Å². The van der Waals surface area contributed by atoms with Gasteiger partial charge in [-0.05, 0) is 31.9 Å². The topological polar surface area (TPSA) is 51.2 Å². The Morgan fingerprint density at radius 2 is 2.00 bits per heavy atom. The van der Waals surface area contributed by atoms with Crippen LogP contribution in [0.15, 0.2) is 29.6 Å². The van der Waals surface area contributed by atoms with Crippen LogP contribution in [0.5, 0.6) is 0 Å². The minimum Gasteiger partial charge on any atom is -0.368 e. The van der Waals surface area contributed by atoms with Gasteiger partial charge in [-0.2, -0.15) is 0 Å². The number of thiazole rings is 1. The molecule has 1 aliphatic rings. The lowest BCUT2D eigenvalue weighted by atomic mass is 9.98. The first-order chi connectivity index (χ1) is 11.2. The van der Waals surface area contributed by atoms with Gasteiger partial charge in [0.05, 0.1) is 16.8 Å². The van der Waals surface area contributed by atoms with Crippen LogP contribution in [0.2, 0.25) is 0 Å². The van der Waals surface area contributed by atoms with Crippen molar-refractivity contribution in [2.24, 2.45) is 0 Å². The minimum atomic E-state index is -0.0900. The highest BCUT2D eigenvalue weighted by molar-refractivity contribution is 7.09. The summed E-state index contributed by atoms with van der Waals surface area (Å²) in [6.45, 7) is 2.13. The Labute approximate surface area is 140 Å². The fourth-order valence-corrected chi connectivity index (χ4v) is 3.46. The van der Waals surface area contributed by atoms with Crippen molar-refractivity contribution in [3.63, 3.8) is 0 Å². The van der Waals surface area contributed by atoms with E-state index in [0.717, 1.165) is 34.8 Å². The molecule has 3 rings (SSSR count). The van der Waals surface area contributed by atoms with Crippen LogP contribution < -0.4 is 5.32 Å². The lowest BCUT2D eigenvalue weighted by molar-refractivity contribution is -0.123. The molecule has 1 aliphatic carbocycles. The van der Waals surface area contributed by atoms with Crippen molar-refractivity contribution in [1.29, 1.82) is 0 Å². The summed E-state index contributed by atoms with van der Waals surface area (Å²) in [4.78, 5) is 16.4. The molecule has 2 aromatic rings. The zero-order valence-corrected chi connectivity index (χ0v) is 14.2. The quantitative estimate of drug-likeness (QED) is 0.883. The second-order valence-electron chi connectivity index (χ2n) is 5.95. The Bertz CT molecular complexity index is 645. The number of rotatable bonds is 5. The Balaban J connectivity index is 1.50. The molecule has 4 nitrogen and oxygen atoms in total. The highest BCUT2D eigenvalue weighted by Crippen LogP contribution is 2.23. The summed E-state index contributed by atoms with van der Waals surface area (Å²) in [6.07, 6.45) is 6.12. The molecule has 1 N–H and O–H groups in total. The maximum absolute atomic E-state index is 12.0. The number of carbonyl (C=O) groups excluding carboxylic acids is 1. The van der Waals surface area contributed by atoms with Crippen LogP contribution in [-0.2, 0) is 9.53 Å². The number of nitrogens with one attached hydrogen (secondary N) is 1. The zero-order valence-electron chi connectivity index (χ0n) is 13.4. The van der Waals surface area contributed by atoms with Crippen LogP contribution in [0.25, 0.3) is 11.3 Å². The molecular weight excluding hydrogens is 308 g/mol. The maximum Gasteiger partial charge on any atom is 0.250 e. The monoisotopic (exact) mass is 330 g/mol. The first-order valence-electron chi connectivity index (χ1n) is 8.15. The first-order valence-corrected chi connectivity index (χ1v) is 9.03. The fourth-order valence-electron chi connectivity index (χ4n) is 2.84. The Morgan fingerprint density at radius 1 is 1.26 bits per heavy atom. The summed E-state index contributed by atoms with van der Waals surface area (Å²) >= 11 is 1.64. The molecule has 1 saturated carbocycles. The van der Waals surface area contributed by atoms with E-state index < -0.39 is 0 Å². The van der Waals surface area contributed by atoms with Gasteiger partial charge in [0.1, 0.15) is 6.61 Å². The number of hydrogen-bond acceptors (Lipinski definition) is 4. The molecule has 0 radical (unpaired) electrons. The van der Waals surface area contributed by atoms with Crippen LogP contribution in [0.1, 0.15) is 37.1 Å². The molecule has 1 aromatic carbocycles. The SMILES string of the molecule is Cc1nc(-c2ccc(NC(=O)COC3CCCCC3)cc2)cs1. The molecule has 23 heavy (non-hydrogen) atoms. The summed E-state index contributed by atoms with van der Waals surface area (Å²) in [5.41, 5.74) is 2.83. The van der Waals surface area contributed by atoms with E-state index in [4.69, 9.17) is 4.74 Å². The van der Waals surface area contributed by atoms with Gasteiger partial charge in [-0.25, -0.2) is 4.98 Å². The van der Waals surface area contributed by atoms with Crippen LogP contribution in [-0.4, -0.2) is 23.6 Å². The highest BCUT2D eigenvalue weighted by atomic mass is 32.1. The second-order valence-corrected chi connectivity index (χ2v) is 7.01. The molecule has 1 aromatic heterocycles. The molecule has 0 bridgehead atoms. The third-order valence-electron chi connectivity index (χ3n) is 4.09. The van der Waals surface area contributed by atoms with Crippen molar-refractivity contribution in [3.8, 4) is 11.3 Å². The zero-order chi connectivity index (χ0) is 16.1. The number of ether oxygens (including phenoxy) is 1. The highest BCUT2D eigenvalue weighted by Gasteiger charge is 2.15. The van der Waals surface area contributed by atoms with Crippen LogP contribution in [0.3, 0.4) is 0 Å². The molecule has 0 spiro atoms. The van der Waals surface area contributed by atoms with Gasteiger partial charge in [0, 0.05) is 16.6 Å². The van der Waals surface area contributed by atoms with E-state index in [1.807, 2.05) is 36.6 Å². The summed E-state index contributed by atoms with van der Waals surface area (Å²) in [5.74, 6) is -0.0900. The number of nitrogens with zero attached hydrogens (tertiary/aromatic N) is 1. The number of anilines is 1. The van der Waals surface area contributed by atoms with Crippen molar-refractivity contribution in [3.05, 3.63) is 34.7 Å². The Kier molecular flexibility index (Phi) is 5.41. The van der Waals surface area contributed by atoms with Crippen LogP contribution in [0.4, 0.5) is 5.69 Å².